The van der Waals surface area contributed by atoms with Gasteiger partial charge in [-0.05, 0) is 16.4 Å². The van der Waals surface area contributed by atoms with Crippen LogP contribution in [-0.2, 0) is 17.4 Å². The van der Waals surface area contributed by atoms with Gasteiger partial charge >= 0.3 is 0 Å². The molecule has 0 saturated carbocycles. The number of methoxy groups -OCH3 is 1. The molecule has 3 nitrogen and oxygen atoms in total. The lowest BCUT2D eigenvalue weighted by molar-refractivity contribution is 0.233. The van der Waals surface area contributed by atoms with Crippen molar-refractivity contribution in [2.75, 3.05) is 33.3 Å². The van der Waals surface area contributed by atoms with E-state index in [1.54, 1.807) is 7.11 Å². The average molecular weight is 319 g/mol. The van der Waals surface area contributed by atoms with Crippen LogP contribution in [0.25, 0.3) is 0 Å². The molecule has 23 heavy (non-hydrogen) atoms. The minimum Gasteiger partial charge on any atom is -0.496 e. The number of hydrogen-bond donors (Lipinski definition) is 1. The Morgan fingerprint density at radius 1 is 0.957 bits per heavy atom. The van der Waals surface area contributed by atoms with Crippen LogP contribution in [0.15, 0.2) is 12.1 Å². The van der Waals surface area contributed by atoms with E-state index in [2.05, 4.69) is 63.9 Å². The quantitative estimate of drug-likeness (QED) is 0.920. The van der Waals surface area contributed by atoms with Crippen molar-refractivity contribution in [3.8, 4) is 5.75 Å². The van der Waals surface area contributed by atoms with Gasteiger partial charge in [-0.25, -0.2) is 0 Å². The molecule has 1 fully saturated rings. The first kappa shape index (κ1) is 18.3. The highest BCUT2D eigenvalue weighted by molar-refractivity contribution is 5.50. The molecule has 3 heteroatoms. The second-order valence-corrected chi connectivity index (χ2v) is 8.75. The minimum atomic E-state index is 0.0742. The normalized spacial score (nSPS) is 17.3. The van der Waals surface area contributed by atoms with Gasteiger partial charge in [-0.1, -0.05) is 53.7 Å². The lowest BCUT2D eigenvalue weighted by Gasteiger charge is -2.32. The molecular formula is C20H34N2O. The Morgan fingerprint density at radius 2 is 1.43 bits per heavy atom. The van der Waals surface area contributed by atoms with Crippen molar-refractivity contribution >= 4 is 0 Å². The standard InChI is InChI=1S/C20H34N2O/c1-19(2,3)16-12-15(14-22-10-8-21-9-11-22)13-17(18(16)23-7)20(4,5)6/h12-13,21H,8-11,14H2,1-7H3. The van der Waals surface area contributed by atoms with Crippen LogP contribution in [-0.4, -0.2) is 38.2 Å². The van der Waals surface area contributed by atoms with Gasteiger partial charge in [-0.2, -0.15) is 0 Å². The molecule has 1 aliphatic heterocycles. The molecule has 1 saturated heterocycles. The van der Waals surface area contributed by atoms with Crippen LogP contribution in [0.5, 0.6) is 5.75 Å². The third-order valence-corrected chi connectivity index (χ3v) is 4.58. The SMILES string of the molecule is COc1c(C(C)(C)C)cc(CN2CCNCC2)cc1C(C)(C)C. The molecule has 0 spiro atoms. The van der Waals surface area contributed by atoms with E-state index in [1.807, 2.05) is 0 Å². The van der Waals surface area contributed by atoms with E-state index in [-0.39, 0.29) is 10.8 Å². The number of nitrogens with one attached hydrogen (secondary N) is 1. The van der Waals surface area contributed by atoms with Crippen LogP contribution in [0.4, 0.5) is 0 Å². The summed E-state index contributed by atoms with van der Waals surface area (Å²) >= 11 is 0. The molecule has 0 radical (unpaired) electrons. The van der Waals surface area contributed by atoms with Crippen LogP contribution < -0.4 is 10.1 Å². The summed E-state index contributed by atoms with van der Waals surface area (Å²) in [4.78, 5) is 2.54. The Kier molecular flexibility index (Phi) is 5.42. The first-order valence-corrected chi connectivity index (χ1v) is 8.78. The van der Waals surface area contributed by atoms with E-state index in [0.717, 1.165) is 38.5 Å². The molecule has 1 aliphatic rings. The molecule has 1 N–H and O–H groups in total. The van der Waals surface area contributed by atoms with E-state index < -0.39 is 0 Å². The molecule has 0 aliphatic carbocycles. The Balaban J connectivity index is 2.46. The van der Waals surface area contributed by atoms with Gasteiger partial charge in [-0.15, -0.1) is 0 Å². The number of piperazine rings is 1. The molecule has 130 valence electrons. The average Bonchev–Trinajstić information content (AvgIpc) is 2.45. The van der Waals surface area contributed by atoms with Gasteiger partial charge in [0.05, 0.1) is 7.11 Å². The smallest absolute Gasteiger partial charge is 0.126 e. The van der Waals surface area contributed by atoms with E-state index in [9.17, 15) is 0 Å². The fourth-order valence-electron chi connectivity index (χ4n) is 3.24. The predicted octanol–water partition coefficient (Wildman–Crippen LogP) is 3.70. The summed E-state index contributed by atoms with van der Waals surface area (Å²) in [5, 5.41) is 3.43. The van der Waals surface area contributed by atoms with Gasteiger partial charge in [0.1, 0.15) is 5.75 Å². The summed E-state index contributed by atoms with van der Waals surface area (Å²) in [5.74, 6) is 1.06. The zero-order valence-corrected chi connectivity index (χ0v) is 16.0. The maximum absolute atomic E-state index is 5.85. The van der Waals surface area contributed by atoms with Gasteiger partial charge in [0.25, 0.3) is 0 Å². The highest BCUT2D eigenvalue weighted by Gasteiger charge is 2.27. The molecule has 0 atom stereocenters. The number of hydrogen-bond acceptors (Lipinski definition) is 3. The van der Waals surface area contributed by atoms with Crippen LogP contribution in [0.1, 0.15) is 58.2 Å². The summed E-state index contributed by atoms with van der Waals surface area (Å²) in [6.45, 7) is 19.1. The lowest BCUT2D eigenvalue weighted by Crippen LogP contribution is -2.43. The van der Waals surface area contributed by atoms with Gasteiger partial charge < -0.3 is 10.1 Å². The molecule has 1 aromatic carbocycles. The van der Waals surface area contributed by atoms with Crippen molar-refractivity contribution in [2.24, 2.45) is 0 Å². The number of nitrogens with zero attached hydrogens (tertiary/aromatic N) is 1. The molecule has 2 rings (SSSR count). The van der Waals surface area contributed by atoms with Crippen molar-refractivity contribution in [1.29, 1.82) is 0 Å². The third-order valence-electron chi connectivity index (χ3n) is 4.58. The maximum Gasteiger partial charge on any atom is 0.126 e. The van der Waals surface area contributed by atoms with E-state index in [4.69, 9.17) is 4.74 Å². The first-order valence-electron chi connectivity index (χ1n) is 8.78. The van der Waals surface area contributed by atoms with E-state index in [0.29, 0.717) is 0 Å². The highest BCUT2D eigenvalue weighted by Crippen LogP contribution is 2.40. The summed E-state index contributed by atoms with van der Waals surface area (Å²) in [6, 6.07) is 4.71. The van der Waals surface area contributed by atoms with E-state index >= 15 is 0 Å². The third kappa shape index (κ3) is 4.48. The Morgan fingerprint density at radius 3 is 1.83 bits per heavy atom. The molecule has 0 amide bonds. The molecule has 0 unspecified atom stereocenters. The summed E-state index contributed by atoms with van der Waals surface area (Å²) < 4.78 is 5.85. The largest absolute Gasteiger partial charge is 0.496 e. The van der Waals surface area contributed by atoms with Gasteiger partial charge in [0.15, 0.2) is 0 Å². The lowest BCUT2D eigenvalue weighted by atomic mass is 9.78. The van der Waals surface area contributed by atoms with Crippen LogP contribution in [0.2, 0.25) is 0 Å². The van der Waals surface area contributed by atoms with Crippen LogP contribution in [0, 0.1) is 0 Å². The van der Waals surface area contributed by atoms with Crippen molar-refractivity contribution in [3.63, 3.8) is 0 Å². The fraction of sp³-hybridized carbons (Fsp3) is 0.700. The number of benzene rings is 1. The Bertz CT molecular complexity index is 497. The van der Waals surface area contributed by atoms with Crippen molar-refractivity contribution in [2.45, 2.75) is 58.9 Å². The summed E-state index contributed by atoms with van der Waals surface area (Å²) in [6.07, 6.45) is 0. The summed E-state index contributed by atoms with van der Waals surface area (Å²) in [5.41, 5.74) is 4.19. The first-order chi connectivity index (χ1) is 10.6. The van der Waals surface area contributed by atoms with Gasteiger partial charge in [0, 0.05) is 43.9 Å². The molecular weight excluding hydrogens is 284 g/mol. The van der Waals surface area contributed by atoms with Gasteiger partial charge in [-0.3, -0.25) is 4.90 Å². The topological polar surface area (TPSA) is 24.5 Å². The summed E-state index contributed by atoms with van der Waals surface area (Å²) in [7, 11) is 1.80. The molecule has 1 aromatic rings. The molecule has 0 bridgehead atoms. The zero-order valence-electron chi connectivity index (χ0n) is 16.0. The fourth-order valence-corrected chi connectivity index (χ4v) is 3.24. The second-order valence-electron chi connectivity index (χ2n) is 8.75. The van der Waals surface area contributed by atoms with Crippen LogP contribution >= 0.6 is 0 Å². The minimum absolute atomic E-state index is 0.0742. The molecule has 1 heterocycles. The maximum atomic E-state index is 5.85. The highest BCUT2D eigenvalue weighted by atomic mass is 16.5. The van der Waals surface area contributed by atoms with Crippen molar-refractivity contribution in [1.82, 2.24) is 10.2 Å². The van der Waals surface area contributed by atoms with Gasteiger partial charge in [0.2, 0.25) is 0 Å². The Hall–Kier alpha value is -1.06. The van der Waals surface area contributed by atoms with E-state index in [1.165, 1.54) is 16.7 Å². The van der Waals surface area contributed by atoms with Crippen molar-refractivity contribution < 1.29 is 4.74 Å². The predicted molar refractivity (Wildman–Crippen MR) is 98.5 cm³/mol. The number of rotatable bonds is 3. The second kappa shape index (κ2) is 6.82. The zero-order chi connectivity index (χ0) is 17.3. The molecule has 0 aromatic heterocycles. The van der Waals surface area contributed by atoms with Crippen molar-refractivity contribution in [3.05, 3.63) is 28.8 Å². The number of ether oxygens (including phenoxy) is 1. The Labute approximate surface area is 142 Å². The monoisotopic (exact) mass is 318 g/mol. The van der Waals surface area contributed by atoms with Crippen LogP contribution in [0.3, 0.4) is 0 Å².